The number of carboxylic acids is 1. The molecule has 1 atom stereocenters. The van der Waals surface area contributed by atoms with Crippen molar-refractivity contribution in [3.05, 3.63) is 35.6 Å². The van der Waals surface area contributed by atoms with Crippen LogP contribution in [0.4, 0.5) is 4.39 Å². The number of rotatable bonds is 6. The fourth-order valence-corrected chi connectivity index (χ4v) is 3.03. The third-order valence-corrected chi connectivity index (χ3v) is 4.55. The molecule has 1 heterocycles. The molecule has 1 aromatic rings. The van der Waals surface area contributed by atoms with Gasteiger partial charge in [-0.05, 0) is 37.0 Å². The molecule has 7 heteroatoms. The van der Waals surface area contributed by atoms with E-state index in [4.69, 9.17) is 5.11 Å². The summed E-state index contributed by atoms with van der Waals surface area (Å²) in [5.74, 6) is -1.68. The first-order valence-electron chi connectivity index (χ1n) is 8.40. The van der Waals surface area contributed by atoms with Gasteiger partial charge in [0.05, 0.1) is 6.04 Å². The summed E-state index contributed by atoms with van der Waals surface area (Å²) < 4.78 is 13.1. The Morgan fingerprint density at radius 3 is 2.36 bits per heavy atom. The van der Waals surface area contributed by atoms with Crippen LogP contribution >= 0.6 is 0 Å². The van der Waals surface area contributed by atoms with Crippen LogP contribution in [0.3, 0.4) is 0 Å². The molecule has 1 fully saturated rings. The molecule has 1 unspecified atom stereocenters. The Kier molecular flexibility index (Phi) is 6.50. The Balaban J connectivity index is 2.00. The van der Waals surface area contributed by atoms with Gasteiger partial charge in [-0.15, -0.1) is 0 Å². The molecule has 0 bridgehead atoms. The first-order valence-corrected chi connectivity index (χ1v) is 8.40. The Hall–Kier alpha value is -2.44. The first-order chi connectivity index (χ1) is 11.9. The smallest absolute Gasteiger partial charge is 0.303 e. The summed E-state index contributed by atoms with van der Waals surface area (Å²) in [6.45, 7) is 2.60. The highest BCUT2D eigenvalue weighted by molar-refractivity contribution is 5.80. The molecule has 1 aromatic carbocycles. The van der Waals surface area contributed by atoms with E-state index >= 15 is 0 Å². The van der Waals surface area contributed by atoms with Crippen molar-refractivity contribution in [3.63, 3.8) is 0 Å². The third-order valence-electron chi connectivity index (χ3n) is 4.55. The number of likely N-dealkylation sites (tertiary alicyclic amines) is 1. The minimum Gasteiger partial charge on any atom is -0.481 e. The van der Waals surface area contributed by atoms with Crippen LogP contribution in [0.15, 0.2) is 24.3 Å². The van der Waals surface area contributed by atoms with Crippen LogP contribution in [-0.4, -0.2) is 40.9 Å². The number of hydrogen-bond donors (Lipinski definition) is 2. The molecular formula is C18H23FN2O4. The molecule has 6 nitrogen and oxygen atoms in total. The zero-order chi connectivity index (χ0) is 18.4. The first kappa shape index (κ1) is 18.9. The average molecular weight is 350 g/mol. The van der Waals surface area contributed by atoms with Crippen molar-refractivity contribution in [2.24, 2.45) is 5.92 Å². The predicted molar refractivity (Wildman–Crippen MR) is 89.1 cm³/mol. The molecule has 1 aliphatic rings. The molecule has 25 heavy (non-hydrogen) atoms. The Labute approximate surface area is 146 Å². The molecule has 1 saturated heterocycles. The number of benzene rings is 1. The number of piperidine rings is 1. The summed E-state index contributed by atoms with van der Waals surface area (Å²) in [6, 6.07) is 5.22. The second-order valence-corrected chi connectivity index (χ2v) is 6.33. The zero-order valence-electron chi connectivity index (χ0n) is 14.2. The lowest BCUT2D eigenvalue weighted by Crippen LogP contribution is -2.43. The third kappa shape index (κ3) is 5.55. The van der Waals surface area contributed by atoms with Gasteiger partial charge in [0.2, 0.25) is 11.8 Å². The molecule has 2 rings (SSSR count). The van der Waals surface area contributed by atoms with Crippen LogP contribution in [0.25, 0.3) is 0 Å². The van der Waals surface area contributed by atoms with E-state index in [0.717, 1.165) is 0 Å². The predicted octanol–water partition coefficient (Wildman–Crippen LogP) is 2.11. The lowest BCUT2D eigenvalue weighted by atomic mass is 9.94. The minimum atomic E-state index is -0.948. The fourth-order valence-electron chi connectivity index (χ4n) is 3.03. The zero-order valence-corrected chi connectivity index (χ0v) is 14.2. The van der Waals surface area contributed by atoms with Crippen molar-refractivity contribution >= 4 is 17.8 Å². The number of carboxylic acid groups (broad SMARTS) is 1. The number of aliphatic carboxylic acids is 1. The molecule has 2 amide bonds. The van der Waals surface area contributed by atoms with E-state index in [9.17, 15) is 18.8 Å². The van der Waals surface area contributed by atoms with Gasteiger partial charge in [0.15, 0.2) is 0 Å². The second kappa shape index (κ2) is 8.60. The van der Waals surface area contributed by atoms with Crippen LogP contribution in [0, 0.1) is 11.7 Å². The number of nitrogens with zero attached hydrogens (tertiary/aromatic N) is 1. The molecule has 1 aliphatic heterocycles. The van der Waals surface area contributed by atoms with Gasteiger partial charge in [-0.2, -0.15) is 0 Å². The van der Waals surface area contributed by atoms with Crippen LogP contribution in [-0.2, 0) is 14.4 Å². The summed E-state index contributed by atoms with van der Waals surface area (Å²) in [6.07, 6.45) is 1.31. The molecule has 0 radical (unpaired) electrons. The standard InChI is InChI=1S/C18H23FN2O4/c1-12(22)21-10-8-14(9-11-21)18(25)20-16(6-7-17(23)24)13-2-4-15(19)5-3-13/h2-5,14,16H,6-11H2,1H3,(H,20,25)(H,23,24). The summed E-state index contributed by atoms with van der Waals surface area (Å²) >= 11 is 0. The maximum atomic E-state index is 13.1. The number of amides is 2. The van der Waals surface area contributed by atoms with Crippen molar-refractivity contribution in [1.29, 1.82) is 0 Å². The summed E-state index contributed by atoms with van der Waals surface area (Å²) in [4.78, 5) is 36.5. The number of nitrogens with one attached hydrogen (secondary N) is 1. The van der Waals surface area contributed by atoms with Gasteiger partial charge in [0.25, 0.3) is 0 Å². The molecule has 0 aliphatic carbocycles. The van der Waals surface area contributed by atoms with E-state index in [1.165, 1.54) is 19.1 Å². The lowest BCUT2D eigenvalue weighted by Gasteiger charge is -2.31. The van der Waals surface area contributed by atoms with E-state index < -0.39 is 12.0 Å². The maximum absolute atomic E-state index is 13.1. The highest BCUT2D eigenvalue weighted by atomic mass is 19.1. The van der Waals surface area contributed by atoms with Crippen LogP contribution in [0.1, 0.15) is 44.2 Å². The highest BCUT2D eigenvalue weighted by Gasteiger charge is 2.27. The van der Waals surface area contributed by atoms with E-state index in [1.807, 2.05) is 0 Å². The van der Waals surface area contributed by atoms with Crippen molar-refractivity contribution in [2.75, 3.05) is 13.1 Å². The maximum Gasteiger partial charge on any atom is 0.303 e. The van der Waals surface area contributed by atoms with Crippen LogP contribution in [0.2, 0.25) is 0 Å². The van der Waals surface area contributed by atoms with E-state index in [2.05, 4.69) is 5.32 Å². The molecule has 0 spiro atoms. The van der Waals surface area contributed by atoms with Crippen LogP contribution < -0.4 is 5.32 Å². The minimum absolute atomic E-state index is 0.00417. The number of carbonyl (C=O) groups excluding carboxylic acids is 2. The largest absolute Gasteiger partial charge is 0.481 e. The second-order valence-electron chi connectivity index (χ2n) is 6.33. The summed E-state index contributed by atoms with van der Waals surface area (Å²) in [5, 5.41) is 11.8. The molecule has 0 aromatic heterocycles. The van der Waals surface area contributed by atoms with Gasteiger partial charge in [-0.25, -0.2) is 4.39 Å². The van der Waals surface area contributed by atoms with Crippen molar-refractivity contribution in [3.8, 4) is 0 Å². The van der Waals surface area contributed by atoms with E-state index in [-0.39, 0.29) is 36.4 Å². The van der Waals surface area contributed by atoms with E-state index in [1.54, 1.807) is 17.0 Å². The lowest BCUT2D eigenvalue weighted by molar-refractivity contribution is -0.137. The van der Waals surface area contributed by atoms with Gasteiger partial charge in [0.1, 0.15) is 5.82 Å². The van der Waals surface area contributed by atoms with Gasteiger partial charge in [0, 0.05) is 32.4 Å². The molecule has 136 valence electrons. The van der Waals surface area contributed by atoms with Gasteiger partial charge in [-0.3, -0.25) is 14.4 Å². The van der Waals surface area contributed by atoms with Gasteiger partial charge >= 0.3 is 5.97 Å². The summed E-state index contributed by atoms with van der Waals surface area (Å²) in [7, 11) is 0. The van der Waals surface area contributed by atoms with E-state index in [0.29, 0.717) is 31.5 Å². The number of carbonyl (C=O) groups is 3. The molecule has 0 saturated carbocycles. The normalized spacial score (nSPS) is 16.3. The SMILES string of the molecule is CC(=O)N1CCC(C(=O)NC(CCC(=O)O)c2ccc(F)cc2)CC1. The summed E-state index contributed by atoms with van der Waals surface area (Å²) in [5.41, 5.74) is 0.678. The highest BCUT2D eigenvalue weighted by Crippen LogP contribution is 2.23. The Bertz CT molecular complexity index is 624. The van der Waals surface area contributed by atoms with Crippen molar-refractivity contribution in [1.82, 2.24) is 10.2 Å². The quantitative estimate of drug-likeness (QED) is 0.823. The Morgan fingerprint density at radius 1 is 1.24 bits per heavy atom. The number of hydrogen-bond acceptors (Lipinski definition) is 3. The Morgan fingerprint density at radius 2 is 1.84 bits per heavy atom. The van der Waals surface area contributed by atoms with Crippen LogP contribution in [0.5, 0.6) is 0 Å². The monoisotopic (exact) mass is 350 g/mol. The average Bonchev–Trinajstić information content (AvgIpc) is 2.59. The van der Waals surface area contributed by atoms with Crippen molar-refractivity contribution < 1.29 is 23.9 Å². The topological polar surface area (TPSA) is 86.7 Å². The number of halogens is 1. The van der Waals surface area contributed by atoms with Crippen molar-refractivity contribution in [2.45, 2.75) is 38.6 Å². The van der Waals surface area contributed by atoms with Gasteiger partial charge < -0.3 is 15.3 Å². The fraction of sp³-hybridized carbons (Fsp3) is 0.500. The molecule has 2 N–H and O–H groups in total. The van der Waals surface area contributed by atoms with Gasteiger partial charge in [-0.1, -0.05) is 12.1 Å². The molecular weight excluding hydrogens is 327 g/mol.